The summed E-state index contributed by atoms with van der Waals surface area (Å²) in [6.07, 6.45) is 4.11. The Morgan fingerprint density at radius 3 is 2.54 bits per heavy atom. The van der Waals surface area contributed by atoms with Crippen molar-refractivity contribution >= 4 is 17.5 Å². The number of aryl methyl sites for hydroxylation is 2. The van der Waals surface area contributed by atoms with Gasteiger partial charge in [-0.05, 0) is 31.5 Å². The first-order valence-corrected chi connectivity index (χ1v) is 12.2. The number of hydrogen-bond acceptors (Lipinski definition) is 7. The Balaban J connectivity index is 1.70. The molecule has 9 nitrogen and oxygen atoms in total. The van der Waals surface area contributed by atoms with Crippen LogP contribution in [0.15, 0.2) is 47.7 Å². The lowest BCUT2D eigenvalue weighted by Gasteiger charge is -2.21. The van der Waals surface area contributed by atoms with Crippen LogP contribution < -0.4 is 16.0 Å². The van der Waals surface area contributed by atoms with Gasteiger partial charge in [-0.15, -0.1) is 0 Å². The minimum Gasteiger partial charge on any atom is -0.485 e. The molecule has 12 heteroatoms. The number of primary amides is 1. The van der Waals surface area contributed by atoms with E-state index >= 15 is 0 Å². The number of amides is 1. The number of halogens is 3. The van der Waals surface area contributed by atoms with E-state index in [1.807, 2.05) is 13.8 Å². The number of ether oxygens (including phenoxy) is 1. The molecule has 0 radical (unpaired) electrons. The Morgan fingerprint density at radius 1 is 1.10 bits per heavy atom. The molecule has 4 heterocycles. The monoisotopic (exact) mass is 554 g/mol. The van der Waals surface area contributed by atoms with E-state index in [1.54, 1.807) is 44.4 Å². The molecule has 0 aliphatic heterocycles. The molecule has 0 saturated heterocycles. The molecule has 0 spiro atoms. The summed E-state index contributed by atoms with van der Waals surface area (Å²) in [7, 11) is 0. The van der Waals surface area contributed by atoms with Gasteiger partial charge in [0.1, 0.15) is 34.7 Å². The summed E-state index contributed by atoms with van der Waals surface area (Å²) in [6.45, 7) is 6.77. The lowest BCUT2D eigenvalue weighted by molar-refractivity contribution is -0.119. The highest BCUT2D eigenvalue weighted by atomic mass is 35.5. The van der Waals surface area contributed by atoms with Crippen molar-refractivity contribution in [3.8, 4) is 22.8 Å². The van der Waals surface area contributed by atoms with Crippen LogP contribution in [-0.4, -0.2) is 30.4 Å². The molecule has 0 bridgehead atoms. The smallest absolute Gasteiger partial charge is 0.277 e. The fraction of sp³-hybridized carbons (Fsp3) is 0.259. The molecule has 0 unspecified atom stereocenters. The van der Waals surface area contributed by atoms with Crippen molar-refractivity contribution in [3.63, 3.8) is 0 Å². The highest BCUT2D eigenvalue weighted by molar-refractivity contribution is 6.31. The van der Waals surface area contributed by atoms with Crippen LogP contribution >= 0.6 is 11.6 Å². The summed E-state index contributed by atoms with van der Waals surface area (Å²) >= 11 is 6.37. The van der Waals surface area contributed by atoms with Gasteiger partial charge >= 0.3 is 0 Å². The van der Waals surface area contributed by atoms with Gasteiger partial charge in [0.05, 0.1) is 23.3 Å². The molecule has 0 fully saturated rings. The summed E-state index contributed by atoms with van der Waals surface area (Å²) in [5, 5.41) is -0.224. The second-order valence-corrected chi connectivity index (χ2v) is 10.0. The Bertz CT molecular complexity index is 1640. The summed E-state index contributed by atoms with van der Waals surface area (Å²) in [5.41, 5.74) is 6.64. The van der Waals surface area contributed by atoms with Crippen LogP contribution in [0.25, 0.3) is 17.1 Å². The molecule has 0 atom stereocenters. The van der Waals surface area contributed by atoms with Crippen molar-refractivity contribution in [2.45, 2.75) is 46.1 Å². The zero-order chi connectivity index (χ0) is 28.5. The number of pyridine rings is 3. The molecule has 4 aromatic rings. The van der Waals surface area contributed by atoms with Gasteiger partial charge in [-0.3, -0.25) is 24.1 Å². The Hall–Kier alpha value is -4.25. The zero-order valence-electron chi connectivity index (χ0n) is 21.6. The van der Waals surface area contributed by atoms with Crippen LogP contribution in [0.1, 0.15) is 43.0 Å². The molecule has 0 aliphatic carbocycles. The molecule has 0 aliphatic rings. The van der Waals surface area contributed by atoms with Gasteiger partial charge in [0, 0.05) is 42.1 Å². The van der Waals surface area contributed by atoms with Crippen LogP contribution in [0, 0.1) is 25.5 Å². The summed E-state index contributed by atoms with van der Waals surface area (Å²) in [4.78, 5) is 41.9. The van der Waals surface area contributed by atoms with Crippen molar-refractivity contribution in [2.75, 3.05) is 0 Å². The number of nitrogens with zero attached hydrogens (tertiary/aromatic N) is 5. The van der Waals surface area contributed by atoms with Crippen molar-refractivity contribution in [1.29, 1.82) is 0 Å². The first-order valence-electron chi connectivity index (χ1n) is 11.8. The van der Waals surface area contributed by atoms with Crippen LogP contribution in [0.5, 0.6) is 5.75 Å². The predicted octanol–water partition coefficient (Wildman–Crippen LogP) is 4.36. The van der Waals surface area contributed by atoms with Crippen LogP contribution in [-0.2, 0) is 16.8 Å². The van der Waals surface area contributed by atoms with Gasteiger partial charge in [-0.1, -0.05) is 25.4 Å². The Labute approximate surface area is 227 Å². The highest BCUT2D eigenvalue weighted by Crippen LogP contribution is 2.29. The first kappa shape index (κ1) is 27.8. The molecular formula is C27H25ClF2N6O3. The minimum absolute atomic E-state index is 0.0324. The lowest BCUT2D eigenvalue weighted by Crippen LogP contribution is -2.28. The number of aromatic nitrogens is 5. The number of nitrogens with two attached hydrogens (primary N) is 1. The van der Waals surface area contributed by atoms with E-state index in [9.17, 15) is 18.4 Å². The fourth-order valence-electron chi connectivity index (χ4n) is 4.02. The number of carbonyl (C=O) groups is 1. The maximum atomic E-state index is 13.9. The molecule has 39 heavy (non-hydrogen) atoms. The topological polar surface area (TPSA) is 126 Å². The maximum absolute atomic E-state index is 13.9. The van der Waals surface area contributed by atoms with Crippen molar-refractivity contribution in [2.24, 2.45) is 5.73 Å². The summed E-state index contributed by atoms with van der Waals surface area (Å²) in [6, 6.07) is 5.61. The van der Waals surface area contributed by atoms with Crippen molar-refractivity contribution in [1.82, 2.24) is 24.5 Å². The van der Waals surface area contributed by atoms with Gasteiger partial charge in [-0.25, -0.2) is 18.7 Å². The minimum atomic E-state index is -0.873. The van der Waals surface area contributed by atoms with Gasteiger partial charge in [0.2, 0.25) is 5.91 Å². The maximum Gasteiger partial charge on any atom is 0.277 e. The second kappa shape index (κ2) is 10.9. The van der Waals surface area contributed by atoms with E-state index in [0.717, 1.165) is 6.20 Å². The Kier molecular flexibility index (Phi) is 7.73. The van der Waals surface area contributed by atoms with E-state index in [-0.39, 0.29) is 29.5 Å². The van der Waals surface area contributed by atoms with E-state index in [1.165, 1.54) is 4.57 Å². The number of hydrogen-bond donors (Lipinski definition) is 1. The van der Waals surface area contributed by atoms with Crippen molar-refractivity contribution in [3.05, 3.63) is 92.6 Å². The Morgan fingerprint density at radius 2 is 1.85 bits per heavy atom. The average Bonchev–Trinajstić information content (AvgIpc) is 2.86. The lowest BCUT2D eigenvalue weighted by atomic mass is 9.88. The molecular weight excluding hydrogens is 530 g/mol. The molecule has 4 aromatic heterocycles. The van der Waals surface area contributed by atoms with Crippen molar-refractivity contribution < 1.29 is 18.3 Å². The van der Waals surface area contributed by atoms with E-state index < -0.39 is 28.5 Å². The first-order chi connectivity index (χ1) is 18.4. The third kappa shape index (κ3) is 5.93. The molecule has 1 amide bonds. The molecule has 2 N–H and O–H groups in total. The van der Waals surface area contributed by atoms with Gasteiger partial charge in [0.15, 0.2) is 5.82 Å². The second-order valence-electron chi connectivity index (χ2n) is 9.62. The van der Waals surface area contributed by atoms with Gasteiger partial charge in [-0.2, -0.15) is 0 Å². The summed E-state index contributed by atoms with van der Waals surface area (Å²) in [5.74, 6) is -1.70. The third-order valence-corrected chi connectivity index (χ3v) is 6.35. The summed E-state index contributed by atoms with van der Waals surface area (Å²) < 4.78 is 34.1. The molecule has 4 rings (SSSR count). The largest absolute Gasteiger partial charge is 0.485 e. The predicted molar refractivity (Wildman–Crippen MR) is 141 cm³/mol. The van der Waals surface area contributed by atoms with Gasteiger partial charge in [0.25, 0.3) is 5.56 Å². The standard InChI is InChI=1S/C27H25ClF2N6O3/c1-14-11-33-19(18-5-6-32-26(35-18)27(3,4)10-23(31)37)9-21(14)36-15(2)7-22(24(28)25(36)38)39-13-20-17(30)8-16(29)12-34-20/h5-9,11-12H,10,13H2,1-4H3,(H2,31,37). The molecule has 0 saturated carbocycles. The quantitative estimate of drug-likeness (QED) is 0.343. The number of carbonyl (C=O) groups excluding carboxylic acids is 1. The number of rotatable bonds is 8. The highest BCUT2D eigenvalue weighted by Gasteiger charge is 2.27. The van der Waals surface area contributed by atoms with E-state index in [2.05, 4.69) is 19.9 Å². The van der Waals surface area contributed by atoms with E-state index in [4.69, 9.17) is 22.1 Å². The van der Waals surface area contributed by atoms with Gasteiger partial charge < -0.3 is 10.5 Å². The average molecular weight is 555 g/mol. The fourth-order valence-corrected chi connectivity index (χ4v) is 4.21. The zero-order valence-corrected chi connectivity index (χ0v) is 22.4. The van der Waals surface area contributed by atoms with Crippen LogP contribution in [0.2, 0.25) is 5.02 Å². The third-order valence-electron chi connectivity index (χ3n) is 6.00. The molecule has 0 aromatic carbocycles. The SMILES string of the molecule is Cc1cnc(-c2ccnc(C(C)(C)CC(N)=O)n2)cc1-n1c(C)cc(OCc2ncc(F)cc2F)c(Cl)c1=O. The molecule has 202 valence electrons. The van der Waals surface area contributed by atoms with Crippen LogP contribution in [0.3, 0.4) is 0 Å². The normalized spacial score (nSPS) is 11.5. The van der Waals surface area contributed by atoms with E-state index in [0.29, 0.717) is 40.2 Å². The van der Waals surface area contributed by atoms with Crippen LogP contribution in [0.4, 0.5) is 8.78 Å².